The van der Waals surface area contributed by atoms with Gasteiger partial charge in [0.1, 0.15) is 0 Å². The number of carbonyl (C=O) groups excluding carboxylic acids is 2. The van der Waals surface area contributed by atoms with Crippen LogP contribution in [0.4, 0.5) is 0 Å². The second kappa shape index (κ2) is 4.86. The van der Waals surface area contributed by atoms with Crippen LogP contribution in [0.15, 0.2) is 0 Å². The number of nitrogens with one attached hydrogen (secondary N) is 1. The Morgan fingerprint density at radius 2 is 1.31 bits per heavy atom. The van der Waals surface area contributed by atoms with Crippen molar-refractivity contribution in [1.29, 1.82) is 0 Å². The Morgan fingerprint density at radius 1 is 1.00 bits per heavy atom. The highest BCUT2D eigenvalue weighted by atomic mass is 16.4. The van der Waals surface area contributed by atoms with E-state index in [2.05, 4.69) is 5.32 Å². The minimum atomic E-state index is -1.82. The van der Waals surface area contributed by atoms with E-state index in [1.165, 1.54) is 0 Å². The number of imide groups is 1. The molecule has 0 saturated carbocycles. The molecule has 1 rings (SSSR count). The van der Waals surface area contributed by atoms with Gasteiger partial charge in [0.05, 0.1) is 0 Å². The first-order valence-corrected chi connectivity index (χ1v) is 3.22. The van der Waals surface area contributed by atoms with Crippen molar-refractivity contribution in [1.82, 2.24) is 5.32 Å². The molecule has 1 saturated heterocycles. The highest BCUT2D eigenvalue weighted by Gasteiger charge is 2.15. The van der Waals surface area contributed by atoms with Crippen LogP contribution in [-0.2, 0) is 19.2 Å². The highest BCUT2D eigenvalue weighted by molar-refractivity contribution is 6.27. The van der Waals surface area contributed by atoms with Crippen LogP contribution in [0.25, 0.3) is 0 Å². The lowest BCUT2D eigenvalue weighted by molar-refractivity contribution is -0.159. The molecule has 7 heteroatoms. The summed E-state index contributed by atoms with van der Waals surface area (Å²) < 4.78 is 0. The fourth-order valence-electron chi connectivity index (χ4n) is 0.508. The zero-order chi connectivity index (χ0) is 10.4. The molecule has 13 heavy (non-hydrogen) atoms. The summed E-state index contributed by atoms with van der Waals surface area (Å²) in [5.74, 6) is -3.94. The number of hydrogen-bond acceptors (Lipinski definition) is 4. The Hall–Kier alpha value is -1.92. The quantitative estimate of drug-likeness (QED) is 0.317. The third-order valence-corrected chi connectivity index (χ3v) is 1.04. The molecule has 0 unspecified atom stereocenters. The van der Waals surface area contributed by atoms with E-state index in [-0.39, 0.29) is 11.8 Å². The van der Waals surface area contributed by atoms with Crippen molar-refractivity contribution in [3.63, 3.8) is 0 Å². The maximum absolute atomic E-state index is 10.1. The summed E-state index contributed by atoms with van der Waals surface area (Å²) in [7, 11) is 0. The normalized spacial score (nSPS) is 14.2. The highest BCUT2D eigenvalue weighted by Crippen LogP contribution is 1.95. The lowest BCUT2D eigenvalue weighted by atomic mass is 10.4. The standard InChI is InChI=1S/C4H5NO2.C2H2O4/c6-3-1-2-4(7)5-3;3-1(4)2(5)6/h1-2H2,(H,5,6,7);(H,3,4)(H,5,6). The first-order chi connectivity index (χ1) is 5.93. The topological polar surface area (TPSA) is 121 Å². The van der Waals surface area contributed by atoms with E-state index < -0.39 is 11.9 Å². The van der Waals surface area contributed by atoms with Crippen LogP contribution >= 0.6 is 0 Å². The molecular weight excluding hydrogens is 182 g/mol. The molecule has 72 valence electrons. The van der Waals surface area contributed by atoms with E-state index in [4.69, 9.17) is 19.8 Å². The van der Waals surface area contributed by atoms with Crippen molar-refractivity contribution in [2.75, 3.05) is 0 Å². The van der Waals surface area contributed by atoms with E-state index in [1.54, 1.807) is 0 Å². The molecule has 0 aromatic heterocycles. The Kier molecular flexibility index (Phi) is 4.14. The molecule has 0 bridgehead atoms. The summed E-state index contributed by atoms with van der Waals surface area (Å²) in [6.07, 6.45) is 0.748. The second-order valence-electron chi connectivity index (χ2n) is 2.08. The summed E-state index contributed by atoms with van der Waals surface area (Å²) in [6, 6.07) is 0. The van der Waals surface area contributed by atoms with Crippen molar-refractivity contribution in [2.24, 2.45) is 0 Å². The van der Waals surface area contributed by atoms with Gasteiger partial charge in [-0.3, -0.25) is 14.9 Å². The molecule has 0 aromatic rings. The summed E-state index contributed by atoms with van der Waals surface area (Å²) in [5, 5.41) is 16.9. The van der Waals surface area contributed by atoms with Gasteiger partial charge in [0, 0.05) is 12.8 Å². The van der Waals surface area contributed by atoms with E-state index in [0.29, 0.717) is 12.8 Å². The van der Waals surface area contributed by atoms with Gasteiger partial charge in [0.25, 0.3) is 0 Å². The molecule has 1 aliphatic rings. The first kappa shape index (κ1) is 11.1. The summed E-state index contributed by atoms with van der Waals surface area (Å²) in [6.45, 7) is 0. The van der Waals surface area contributed by atoms with Crippen LogP contribution in [0.3, 0.4) is 0 Å². The number of carboxylic acids is 2. The minimum absolute atomic E-state index is 0.148. The number of aliphatic carboxylic acids is 2. The third-order valence-electron chi connectivity index (χ3n) is 1.04. The van der Waals surface area contributed by atoms with Crippen molar-refractivity contribution < 1.29 is 29.4 Å². The van der Waals surface area contributed by atoms with Crippen LogP contribution < -0.4 is 5.32 Å². The number of hydrogen-bond donors (Lipinski definition) is 3. The van der Waals surface area contributed by atoms with Crippen LogP contribution in [0.5, 0.6) is 0 Å². The van der Waals surface area contributed by atoms with Crippen LogP contribution in [0.1, 0.15) is 12.8 Å². The molecule has 2 amide bonds. The molecule has 0 aliphatic carbocycles. The van der Waals surface area contributed by atoms with Gasteiger partial charge in [-0.25, -0.2) is 9.59 Å². The van der Waals surface area contributed by atoms with Crippen molar-refractivity contribution in [3.8, 4) is 0 Å². The summed E-state index contributed by atoms with van der Waals surface area (Å²) in [5.41, 5.74) is 0. The lowest BCUT2D eigenvalue weighted by Gasteiger charge is -1.79. The predicted molar refractivity (Wildman–Crippen MR) is 37.7 cm³/mol. The van der Waals surface area contributed by atoms with E-state index in [9.17, 15) is 9.59 Å². The maximum Gasteiger partial charge on any atom is 0.414 e. The SMILES string of the molecule is O=C(O)C(=O)O.O=C1CCC(=O)N1. The predicted octanol–water partition coefficient (Wildman–Crippen LogP) is -1.42. The molecule has 1 aliphatic heterocycles. The molecule has 3 N–H and O–H groups in total. The molecule has 0 atom stereocenters. The van der Waals surface area contributed by atoms with E-state index >= 15 is 0 Å². The third kappa shape index (κ3) is 5.36. The van der Waals surface area contributed by atoms with Gasteiger partial charge in [-0.15, -0.1) is 0 Å². The van der Waals surface area contributed by atoms with Crippen LogP contribution in [-0.4, -0.2) is 34.0 Å². The van der Waals surface area contributed by atoms with Gasteiger partial charge < -0.3 is 10.2 Å². The zero-order valence-corrected chi connectivity index (χ0v) is 6.44. The largest absolute Gasteiger partial charge is 0.473 e. The van der Waals surface area contributed by atoms with E-state index in [0.717, 1.165) is 0 Å². The number of carbonyl (C=O) groups is 4. The average molecular weight is 189 g/mol. The van der Waals surface area contributed by atoms with Crippen LogP contribution in [0.2, 0.25) is 0 Å². The monoisotopic (exact) mass is 189 g/mol. The molecule has 0 spiro atoms. The Labute approximate surface area is 72.3 Å². The van der Waals surface area contributed by atoms with Gasteiger partial charge in [-0.05, 0) is 0 Å². The zero-order valence-electron chi connectivity index (χ0n) is 6.44. The minimum Gasteiger partial charge on any atom is -0.473 e. The van der Waals surface area contributed by atoms with Gasteiger partial charge in [-0.2, -0.15) is 0 Å². The second-order valence-corrected chi connectivity index (χ2v) is 2.08. The van der Waals surface area contributed by atoms with Gasteiger partial charge >= 0.3 is 11.9 Å². The molecule has 0 aromatic carbocycles. The Bertz CT molecular complexity index is 232. The van der Waals surface area contributed by atoms with E-state index in [1.807, 2.05) is 0 Å². The first-order valence-electron chi connectivity index (χ1n) is 3.22. The Morgan fingerprint density at radius 3 is 1.38 bits per heavy atom. The number of amides is 2. The van der Waals surface area contributed by atoms with Gasteiger partial charge in [-0.1, -0.05) is 0 Å². The number of rotatable bonds is 0. The van der Waals surface area contributed by atoms with Crippen molar-refractivity contribution in [3.05, 3.63) is 0 Å². The van der Waals surface area contributed by atoms with Gasteiger partial charge in [0.2, 0.25) is 11.8 Å². The van der Waals surface area contributed by atoms with Crippen molar-refractivity contribution >= 4 is 23.8 Å². The lowest BCUT2D eigenvalue weighted by Crippen LogP contribution is -2.18. The number of carboxylic acid groups (broad SMARTS) is 2. The average Bonchev–Trinajstić information content (AvgIpc) is 2.35. The molecule has 1 heterocycles. The van der Waals surface area contributed by atoms with Crippen LogP contribution in [0, 0.1) is 0 Å². The Balaban J connectivity index is 0.000000226. The molecular formula is C6H7NO6. The van der Waals surface area contributed by atoms with Gasteiger partial charge in [0.15, 0.2) is 0 Å². The van der Waals surface area contributed by atoms with Crippen molar-refractivity contribution in [2.45, 2.75) is 12.8 Å². The maximum atomic E-state index is 10.1. The molecule has 1 fully saturated rings. The summed E-state index contributed by atoms with van der Waals surface area (Å²) >= 11 is 0. The summed E-state index contributed by atoms with van der Waals surface area (Å²) in [4.78, 5) is 38.4. The molecule has 7 nitrogen and oxygen atoms in total. The fraction of sp³-hybridized carbons (Fsp3) is 0.333. The fourth-order valence-corrected chi connectivity index (χ4v) is 0.508. The smallest absolute Gasteiger partial charge is 0.414 e. The molecule has 0 radical (unpaired) electrons.